The molecule has 0 spiro atoms. The number of allylic oxidation sites excluding steroid dienone is 10. The van der Waals surface area contributed by atoms with Crippen molar-refractivity contribution in [1.29, 1.82) is 0 Å². The van der Waals surface area contributed by atoms with Gasteiger partial charge in [-0.25, -0.2) is 0 Å². The molecule has 0 fully saturated rings. The van der Waals surface area contributed by atoms with E-state index in [0.717, 1.165) is 0 Å². The largest absolute Gasteiger partial charge is 0.0686 e. The Kier molecular flexibility index (Phi) is 4.19. The number of hydrogen-bond acceptors (Lipinski definition) is 0. The van der Waals surface area contributed by atoms with E-state index in [0.29, 0.717) is 11.8 Å². The van der Waals surface area contributed by atoms with E-state index in [1.165, 1.54) is 27.9 Å². The highest BCUT2D eigenvalue weighted by atomic mass is 14.6. The Balaban J connectivity index is 2.39. The van der Waals surface area contributed by atoms with Crippen molar-refractivity contribution in [2.45, 2.75) is 83.1 Å². The standard InChI is InChI=1S/C26H38/c1-13(2)21-15(4)18(7)22(19(21)8)26(12)20(9)25(10,11)23-16(5)14(3)17(6)24(23)26/h16,20H,1-12H3. The smallest absolute Gasteiger partial charge is 0.0216 e. The summed E-state index contributed by atoms with van der Waals surface area (Å²) in [5, 5.41) is 0. The molecular formula is C26H38. The van der Waals surface area contributed by atoms with Gasteiger partial charge in [0.05, 0.1) is 0 Å². The first-order valence-corrected chi connectivity index (χ1v) is 10.3. The molecule has 0 N–H and O–H groups in total. The molecular weight excluding hydrogens is 312 g/mol. The van der Waals surface area contributed by atoms with Gasteiger partial charge in [0.15, 0.2) is 0 Å². The van der Waals surface area contributed by atoms with Crippen LogP contribution < -0.4 is 0 Å². The molecule has 3 rings (SSSR count). The molecule has 3 aliphatic carbocycles. The monoisotopic (exact) mass is 350 g/mol. The van der Waals surface area contributed by atoms with Gasteiger partial charge in [0.25, 0.3) is 0 Å². The third kappa shape index (κ3) is 2.02. The molecule has 0 amide bonds. The highest BCUT2D eigenvalue weighted by Gasteiger charge is 2.58. The van der Waals surface area contributed by atoms with E-state index in [9.17, 15) is 0 Å². The van der Waals surface area contributed by atoms with E-state index in [2.05, 4.69) is 83.1 Å². The molecule has 0 saturated carbocycles. The average molecular weight is 351 g/mol. The fourth-order valence-electron chi connectivity index (χ4n) is 6.81. The van der Waals surface area contributed by atoms with Crippen LogP contribution in [-0.2, 0) is 0 Å². The van der Waals surface area contributed by atoms with Crippen molar-refractivity contribution in [3.8, 4) is 0 Å². The topological polar surface area (TPSA) is 0 Å². The van der Waals surface area contributed by atoms with Crippen molar-refractivity contribution in [3.63, 3.8) is 0 Å². The summed E-state index contributed by atoms with van der Waals surface area (Å²) in [4.78, 5) is 0. The molecule has 0 aromatic carbocycles. The molecule has 3 unspecified atom stereocenters. The molecule has 0 aromatic rings. The van der Waals surface area contributed by atoms with Crippen LogP contribution in [0, 0.1) is 22.7 Å². The first-order valence-electron chi connectivity index (χ1n) is 10.3. The van der Waals surface area contributed by atoms with Gasteiger partial charge in [-0.1, -0.05) is 51.3 Å². The van der Waals surface area contributed by atoms with Gasteiger partial charge in [0.1, 0.15) is 0 Å². The summed E-state index contributed by atoms with van der Waals surface area (Å²) in [6.07, 6.45) is 0. The Labute approximate surface area is 161 Å². The van der Waals surface area contributed by atoms with Crippen molar-refractivity contribution in [2.75, 3.05) is 0 Å². The van der Waals surface area contributed by atoms with Gasteiger partial charge in [-0.05, 0) is 105 Å². The van der Waals surface area contributed by atoms with Crippen molar-refractivity contribution in [3.05, 3.63) is 55.7 Å². The lowest BCUT2D eigenvalue weighted by Crippen LogP contribution is -2.34. The van der Waals surface area contributed by atoms with Crippen molar-refractivity contribution < 1.29 is 0 Å². The molecule has 0 saturated heterocycles. The van der Waals surface area contributed by atoms with E-state index in [1.807, 2.05) is 0 Å². The highest BCUT2D eigenvalue weighted by Crippen LogP contribution is 2.69. The van der Waals surface area contributed by atoms with E-state index in [-0.39, 0.29) is 10.8 Å². The maximum absolute atomic E-state index is 2.54. The summed E-state index contributed by atoms with van der Waals surface area (Å²) in [6.45, 7) is 28.7. The molecule has 142 valence electrons. The Morgan fingerprint density at radius 1 is 0.731 bits per heavy atom. The first kappa shape index (κ1) is 19.5. The van der Waals surface area contributed by atoms with Crippen LogP contribution in [0.15, 0.2) is 55.7 Å². The summed E-state index contributed by atoms with van der Waals surface area (Å²) in [6, 6.07) is 0. The van der Waals surface area contributed by atoms with Crippen LogP contribution in [0.1, 0.15) is 83.1 Å². The van der Waals surface area contributed by atoms with Gasteiger partial charge in [-0.3, -0.25) is 0 Å². The van der Waals surface area contributed by atoms with Crippen LogP contribution in [0.25, 0.3) is 0 Å². The van der Waals surface area contributed by atoms with Gasteiger partial charge in [0.2, 0.25) is 0 Å². The maximum Gasteiger partial charge on any atom is 0.0216 e. The summed E-state index contributed by atoms with van der Waals surface area (Å²) in [7, 11) is 0. The molecule has 0 nitrogen and oxygen atoms in total. The maximum atomic E-state index is 2.54. The van der Waals surface area contributed by atoms with Crippen LogP contribution in [0.4, 0.5) is 0 Å². The van der Waals surface area contributed by atoms with Crippen LogP contribution in [0.5, 0.6) is 0 Å². The third-order valence-corrected chi connectivity index (χ3v) is 8.56. The van der Waals surface area contributed by atoms with Crippen LogP contribution in [0.3, 0.4) is 0 Å². The van der Waals surface area contributed by atoms with E-state index < -0.39 is 0 Å². The summed E-state index contributed by atoms with van der Waals surface area (Å²) in [5.74, 6) is 1.18. The van der Waals surface area contributed by atoms with E-state index in [4.69, 9.17) is 0 Å². The number of rotatable bonds is 1. The summed E-state index contributed by atoms with van der Waals surface area (Å²) in [5.41, 5.74) is 15.9. The Hall–Kier alpha value is -1.30. The number of hydrogen-bond donors (Lipinski definition) is 0. The zero-order chi connectivity index (χ0) is 19.9. The molecule has 3 aliphatic rings. The van der Waals surface area contributed by atoms with Gasteiger partial charge in [-0.15, -0.1) is 0 Å². The predicted octanol–water partition coefficient (Wildman–Crippen LogP) is 7.95. The van der Waals surface area contributed by atoms with Gasteiger partial charge in [0, 0.05) is 5.41 Å². The lowest BCUT2D eigenvalue weighted by atomic mass is 9.61. The molecule has 0 aromatic heterocycles. The third-order valence-electron chi connectivity index (χ3n) is 8.56. The van der Waals surface area contributed by atoms with Crippen LogP contribution >= 0.6 is 0 Å². The molecule has 0 heterocycles. The summed E-state index contributed by atoms with van der Waals surface area (Å²) >= 11 is 0. The predicted molar refractivity (Wildman–Crippen MR) is 115 cm³/mol. The lowest BCUT2D eigenvalue weighted by molar-refractivity contribution is 0.198. The highest BCUT2D eigenvalue weighted by molar-refractivity contribution is 5.70. The molecule has 3 atom stereocenters. The van der Waals surface area contributed by atoms with Crippen molar-refractivity contribution in [2.24, 2.45) is 22.7 Å². The van der Waals surface area contributed by atoms with Crippen LogP contribution in [0.2, 0.25) is 0 Å². The Morgan fingerprint density at radius 3 is 1.73 bits per heavy atom. The fraction of sp³-hybridized carbons (Fsp3) is 0.615. The summed E-state index contributed by atoms with van der Waals surface area (Å²) < 4.78 is 0. The zero-order valence-electron chi connectivity index (χ0n) is 19.2. The van der Waals surface area contributed by atoms with Crippen LogP contribution in [-0.4, -0.2) is 0 Å². The van der Waals surface area contributed by atoms with E-state index in [1.54, 1.807) is 27.9 Å². The SMILES string of the molecule is CC(C)=C1C(C)=C(C)C(C2(C)C3=C(C(C)C(C)=C3C)C(C)(C)C2C)=C1C. The molecule has 26 heavy (non-hydrogen) atoms. The second kappa shape index (κ2) is 5.60. The van der Waals surface area contributed by atoms with Crippen molar-refractivity contribution in [1.82, 2.24) is 0 Å². The van der Waals surface area contributed by atoms with Gasteiger partial charge >= 0.3 is 0 Å². The van der Waals surface area contributed by atoms with E-state index >= 15 is 0 Å². The fourth-order valence-corrected chi connectivity index (χ4v) is 6.81. The molecule has 0 heteroatoms. The molecule has 0 bridgehead atoms. The van der Waals surface area contributed by atoms with Crippen molar-refractivity contribution >= 4 is 0 Å². The normalized spacial score (nSPS) is 33.9. The second-order valence-corrected chi connectivity index (χ2v) is 10.1. The Morgan fingerprint density at radius 2 is 1.27 bits per heavy atom. The minimum Gasteiger partial charge on any atom is -0.0686 e. The quantitative estimate of drug-likeness (QED) is 0.450. The second-order valence-electron chi connectivity index (χ2n) is 10.1. The Bertz CT molecular complexity index is 856. The molecule has 0 aliphatic heterocycles. The lowest BCUT2D eigenvalue weighted by Gasteiger charge is -2.42. The average Bonchev–Trinajstić information content (AvgIpc) is 2.97. The van der Waals surface area contributed by atoms with Gasteiger partial charge < -0.3 is 0 Å². The molecule has 0 radical (unpaired) electrons. The van der Waals surface area contributed by atoms with Gasteiger partial charge in [-0.2, -0.15) is 0 Å². The first-order chi connectivity index (χ1) is 11.8. The minimum absolute atomic E-state index is 0.0988. The minimum atomic E-state index is 0.0988. The zero-order valence-corrected chi connectivity index (χ0v) is 19.2.